The lowest BCUT2D eigenvalue weighted by Crippen LogP contribution is -2.43. The molecule has 0 heterocycles. The first-order valence-electron chi connectivity index (χ1n) is 7.27. The molecule has 4 heteroatoms. The third kappa shape index (κ3) is 3.79. The summed E-state index contributed by atoms with van der Waals surface area (Å²) >= 11 is 0. The molecular weight excluding hydrogens is 257 g/mol. The summed E-state index contributed by atoms with van der Waals surface area (Å²) in [7, 11) is 0. The summed E-state index contributed by atoms with van der Waals surface area (Å²) in [5, 5.41) is 9.56. The summed E-state index contributed by atoms with van der Waals surface area (Å²) < 4.78 is 13.9. The predicted octanol–water partition coefficient (Wildman–Crippen LogP) is 3.47. The van der Waals surface area contributed by atoms with Gasteiger partial charge >= 0.3 is 5.97 Å². The van der Waals surface area contributed by atoms with Crippen molar-refractivity contribution in [2.45, 2.75) is 50.9 Å². The summed E-state index contributed by atoms with van der Waals surface area (Å²) in [6.07, 6.45) is 5.43. The van der Waals surface area contributed by atoms with Crippen molar-refractivity contribution in [1.29, 1.82) is 0 Å². The van der Waals surface area contributed by atoms with Crippen LogP contribution < -0.4 is 5.73 Å². The SMILES string of the molecule is CCCCCCCC(CN)(C(=O)O)c1ccccc1F. The fourth-order valence-corrected chi connectivity index (χ4v) is 2.54. The fourth-order valence-electron chi connectivity index (χ4n) is 2.54. The lowest BCUT2D eigenvalue weighted by molar-refractivity contribution is -0.144. The van der Waals surface area contributed by atoms with Crippen LogP contribution in [-0.2, 0) is 10.2 Å². The van der Waals surface area contributed by atoms with Gasteiger partial charge in [-0.05, 0) is 12.5 Å². The second-order valence-electron chi connectivity index (χ2n) is 5.24. The molecule has 3 nitrogen and oxygen atoms in total. The van der Waals surface area contributed by atoms with Gasteiger partial charge in [-0.2, -0.15) is 0 Å². The molecule has 0 saturated carbocycles. The summed E-state index contributed by atoms with van der Waals surface area (Å²) in [6.45, 7) is 2.04. The Kier molecular flexibility index (Phi) is 6.65. The van der Waals surface area contributed by atoms with E-state index in [2.05, 4.69) is 6.92 Å². The van der Waals surface area contributed by atoms with E-state index in [1.165, 1.54) is 12.1 Å². The van der Waals surface area contributed by atoms with Gasteiger partial charge in [-0.3, -0.25) is 4.79 Å². The van der Waals surface area contributed by atoms with Crippen molar-refractivity contribution in [3.05, 3.63) is 35.6 Å². The maximum Gasteiger partial charge on any atom is 0.315 e. The molecule has 1 unspecified atom stereocenters. The summed E-state index contributed by atoms with van der Waals surface area (Å²) in [4.78, 5) is 11.7. The zero-order valence-electron chi connectivity index (χ0n) is 12.1. The normalized spacial score (nSPS) is 13.9. The Hall–Kier alpha value is -1.42. The van der Waals surface area contributed by atoms with Crippen molar-refractivity contribution in [2.24, 2.45) is 5.73 Å². The number of halogens is 1. The quantitative estimate of drug-likeness (QED) is 0.681. The van der Waals surface area contributed by atoms with Crippen LogP contribution in [-0.4, -0.2) is 17.6 Å². The van der Waals surface area contributed by atoms with E-state index in [-0.39, 0.29) is 12.1 Å². The third-order valence-electron chi connectivity index (χ3n) is 3.85. The zero-order valence-corrected chi connectivity index (χ0v) is 12.1. The van der Waals surface area contributed by atoms with E-state index in [9.17, 15) is 14.3 Å². The number of benzene rings is 1. The van der Waals surface area contributed by atoms with Crippen molar-refractivity contribution in [1.82, 2.24) is 0 Å². The second kappa shape index (κ2) is 8.00. The van der Waals surface area contributed by atoms with Crippen molar-refractivity contribution in [3.8, 4) is 0 Å². The van der Waals surface area contributed by atoms with Gasteiger partial charge in [0.1, 0.15) is 11.2 Å². The highest BCUT2D eigenvalue weighted by Crippen LogP contribution is 2.32. The molecule has 0 bridgehead atoms. The number of carboxylic acid groups (broad SMARTS) is 1. The van der Waals surface area contributed by atoms with Crippen LogP contribution in [0.1, 0.15) is 51.0 Å². The molecule has 0 spiro atoms. The maximum absolute atomic E-state index is 13.9. The fraction of sp³-hybridized carbons (Fsp3) is 0.562. The predicted molar refractivity (Wildman–Crippen MR) is 78.1 cm³/mol. The van der Waals surface area contributed by atoms with E-state index in [0.29, 0.717) is 6.42 Å². The maximum atomic E-state index is 13.9. The molecule has 20 heavy (non-hydrogen) atoms. The van der Waals surface area contributed by atoms with Crippen LogP contribution in [0, 0.1) is 5.82 Å². The van der Waals surface area contributed by atoms with Gasteiger partial charge < -0.3 is 10.8 Å². The van der Waals surface area contributed by atoms with Gasteiger partial charge in [-0.15, -0.1) is 0 Å². The average molecular weight is 281 g/mol. The molecule has 1 aromatic rings. The van der Waals surface area contributed by atoms with Crippen LogP contribution in [0.15, 0.2) is 24.3 Å². The molecule has 0 aliphatic heterocycles. The van der Waals surface area contributed by atoms with Crippen LogP contribution in [0.3, 0.4) is 0 Å². The van der Waals surface area contributed by atoms with E-state index in [0.717, 1.165) is 32.1 Å². The molecule has 112 valence electrons. The minimum atomic E-state index is -1.31. The number of rotatable bonds is 9. The minimum absolute atomic E-state index is 0.0863. The Morgan fingerprint density at radius 2 is 1.90 bits per heavy atom. The van der Waals surface area contributed by atoms with Crippen molar-refractivity contribution < 1.29 is 14.3 Å². The number of nitrogens with two attached hydrogens (primary N) is 1. The molecule has 0 radical (unpaired) electrons. The molecule has 1 rings (SSSR count). The molecular formula is C16H24FNO2. The zero-order chi connectivity index (χ0) is 15.0. The van der Waals surface area contributed by atoms with E-state index in [4.69, 9.17) is 5.73 Å². The topological polar surface area (TPSA) is 63.3 Å². The summed E-state index contributed by atoms with van der Waals surface area (Å²) in [5.41, 5.74) is 4.59. The molecule has 3 N–H and O–H groups in total. The molecule has 0 aliphatic rings. The average Bonchev–Trinajstić information content (AvgIpc) is 2.44. The Morgan fingerprint density at radius 3 is 2.45 bits per heavy atom. The van der Waals surface area contributed by atoms with Crippen molar-refractivity contribution in [3.63, 3.8) is 0 Å². The summed E-state index contributed by atoms with van der Waals surface area (Å²) in [6, 6.07) is 6.04. The lowest BCUT2D eigenvalue weighted by atomic mass is 9.76. The molecule has 1 aromatic carbocycles. The molecule has 1 atom stereocenters. The smallest absolute Gasteiger partial charge is 0.315 e. The third-order valence-corrected chi connectivity index (χ3v) is 3.85. The van der Waals surface area contributed by atoms with Crippen LogP contribution >= 0.6 is 0 Å². The first-order chi connectivity index (χ1) is 9.58. The van der Waals surface area contributed by atoms with Crippen LogP contribution in [0.25, 0.3) is 0 Å². The Morgan fingerprint density at radius 1 is 1.25 bits per heavy atom. The lowest BCUT2D eigenvalue weighted by Gasteiger charge is -2.29. The summed E-state index contributed by atoms with van der Waals surface area (Å²) in [5.74, 6) is -1.53. The van der Waals surface area contributed by atoms with E-state index >= 15 is 0 Å². The van der Waals surface area contributed by atoms with Gasteiger partial charge in [0.25, 0.3) is 0 Å². The van der Waals surface area contributed by atoms with E-state index in [1.807, 2.05) is 0 Å². The minimum Gasteiger partial charge on any atom is -0.481 e. The highest BCUT2D eigenvalue weighted by molar-refractivity contribution is 5.81. The first kappa shape index (κ1) is 16.6. The van der Waals surface area contributed by atoms with Crippen LogP contribution in [0.5, 0.6) is 0 Å². The Bertz CT molecular complexity index is 436. The molecule has 0 aliphatic carbocycles. The number of hydrogen-bond donors (Lipinski definition) is 2. The van der Waals surface area contributed by atoms with Gasteiger partial charge in [-0.25, -0.2) is 4.39 Å². The Balaban J connectivity index is 2.87. The van der Waals surface area contributed by atoms with Gasteiger partial charge in [-0.1, -0.05) is 57.2 Å². The standard InChI is InChI=1S/C16H24FNO2/c1-2-3-4-5-8-11-16(12-18,15(19)20)13-9-6-7-10-14(13)17/h6-7,9-10H,2-5,8,11-12,18H2,1H3,(H,19,20). The van der Waals surface area contributed by atoms with E-state index in [1.54, 1.807) is 12.1 Å². The van der Waals surface area contributed by atoms with Crippen LogP contribution in [0.4, 0.5) is 4.39 Å². The van der Waals surface area contributed by atoms with Gasteiger partial charge in [0.2, 0.25) is 0 Å². The molecule has 0 fully saturated rings. The van der Waals surface area contributed by atoms with E-state index < -0.39 is 17.2 Å². The number of hydrogen-bond acceptors (Lipinski definition) is 2. The molecule has 0 saturated heterocycles. The molecule has 0 aromatic heterocycles. The van der Waals surface area contributed by atoms with Gasteiger partial charge in [0, 0.05) is 12.1 Å². The largest absolute Gasteiger partial charge is 0.481 e. The van der Waals surface area contributed by atoms with Gasteiger partial charge in [0.05, 0.1) is 0 Å². The highest BCUT2D eigenvalue weighted by Gasteiger charge is 2.40. The number of aliphatic carboxylic acids is 1. The monoisotopic (exact) mass is 281 g/mol. The van der Waals surface area contributed by atoms with Crippen LogP contribution in [0.2, 0.25) is 0 Å². The number of carboxylic acids is 1. The highest BCUT2D eigenvalue weighted by atomic mass is 19.1. The number of carbonyl (C=O) groups is 1. The van der Waals surface area contributed by atoms with Crippen molar-refractivity contribution in [2.75, 3.05) is 6.54 Å². The Labute approximate surface area is 120 Å². The number of unbranched alkanes of at least 4 members (excludes halogenated alkanes) is 4. The first-order valence-corrected chi connectivity index (χ1v) is 7.27. The molecule has 0 amide bonds. The van der Waals surface area contributed by atoms with Gasteiger partial charge in [0.15, 0.2) is 0 Å². The van der Waals surface area contributed by atoms with Crippen molar-refractivity contribution >= 4 is 5.97 Å². The second-order valence-corrected chi connectivity index (χ2v) is 5.24.